The lowest BCUT2D eigenvalue weighted by atomic mass is 10.1. The van der Waals surface area contributed by atoms with Crippen LogP contribution in [-0.2, 0) is 14.3 Å². The van der Waals surface area contributed by atoms with Crippen molar-refractivity contribution in [2.24, 2.45) is 5.92 Å². The molecule has 0 aliphatic carbocycles. The van der Waals surface area contributed by atoms with Crippen molar-refractivity contribution in [2.45, 2.75) is 19.4 Å². The monoisotopic (exact) mass is 354 g/mol. The summed E-state index contributed by atoms with van der Waals surface area (Å²) in [7, 11) is 1.61. The zero-order valence-corrected chi connectivity index (χ0v) is 13.7. The molecule has 0 unspecified atom stereocenters. The second-order valence-electron chi connectivity index (χ2n) is 5.25. The van der Waals surface area contributed by atoms with Crippen LogP contribution in [0.5, 0.6) is 0 Å². The SMILES string of the molecule is COC[C@H](C)N1C[C@H](C(=O)Nc2cccc(Br)c2)CC1=O. The fourth-order valence-corrected chi connectivity index (χ4v) is 2.87. The van der Waals surface area contributed by atoms with Crippen molar-refractivity contribution in [1.29, 1.82) is 0 Å². The van der Waals surface area contributed by atoms with Gasteiger partial charge in [-0.05, 0) is 25.1 Å². The minimum absolute atomic E-state index is 0.00818. The highest BCUT2D eigenvalue weighted by molar-refractivity contribution is 9.10. The number of amides is 2. The van der Waals surface area contributed by atoms with Crippen LogP contribution in [0.1, 0.15) is 13.3 Å². The molecule has 1 aliphatic rings. The fraction of sp³-hybridized carbons (Fsp3) is 0.467. The maximum Gasteiger partial charge on any atom is 0.229 e. The van der Waals surface area contributed by atoms with Crippen LogP contribution in [0, 0.1) is 5.92 Å². The van der Waals surface area contributed by atoms with Crippen LogP contribution in [0.15, 0.2) is 28.7 Å². The summed E-state index contributed by atoms with van der Waals surface area (Å²) in [4.78, 5) is 26.0. The summed E-state index contributed by atoms with van der Waals surface area (Å²) >= 11 is 3.36. The Balaban J connectivity index is 1.97. The number of likely N-dealkylation sites (tertiary alicyclic amines) is 1. The minimum Gasteiger partial charge on any atom is -0.383 e. The second-order valence-corrected chi connectivity index (χ2v) is 6.17. The molecule has 1 fully saturated rings. The molecule has 5 nitrogen and oxygen atoms in total. The largest absolute Gasteiger partial charge is 0.383 e. The molecule has 1 N–H and O–H groups in total. The molecule has 1 aromatic rings. The third kappa shape index (κ3) is 4.04. The number of hydrogen-bond acceptors (Lipinski definition) is 3. The normalized spacial score (nSPS) is 19.7. The molecule has 2 atom stereocenters. The first-order valence-corrected chi connectivity index (χ1v) is 7.65. The Morgan fingerprint density at radius 2 is 2.33 bits per heavy atom. The number of hydrogen-bond donors (Lipinski definition) is 1. The molecular formula is C15H19BrN2O3. The van der Waals surface area contributed by atoms with E-state index in [0.717, 1.165) is 10.2 Å². The van der Waals surface area contributed by atoms with E-state index < -0.39 is 0 Å². The Morgan fingerprint density at radius 1 is 1.57 bits per heavy atom. The number of anilines is 1. The van der Waals surface area contributed by atoms with Crippen molar-refractivity contribution in [1.82, 2.24) is 4.90 Å². The van der Waals surface area contributed by atoms with Crippen molar-refractivity contribution >= 4 is 33.4 Å². The number of nitrogens with one attached hydrogen (secondary N) is 1. The van der Waals surface area contributed by atoms with E-state index in [4.69, 9.17) is 4.74 Å². The first kappa shape index (κ1) is 16.0. The van der Waals surface area contributed by atoms with Crippen LogP contribution >= 0.6 is 15.9 Å². The predicted octanol–water partition coefficient (Wildman–Crippen LogP) is 2.27. The summed E-state index contributed by atoms with van der Waals surface area (Å²) in [6.07, 6.45) is 0.258. The smallest absolute Gasteiger partial charge is 0.229 e. The van der Waals surface area contributed by atoms with E-state index >= 15 is 0 Å². The second kappa shape index (κ2) is 7.04. The molecule has 1 aromatic carbocycles. The van der Waals surface area contributed by atoms with Crippen molar-refractivity contribution in [3.8, 4) is 0 Å². The van der Waals surface area contributed by atoms with Gasteiger partial charge in [-0.25, -0.2) is 0 Å². The molecule has 0 spiro atoms. The molecular weight excluding hydrogens is 336 g/mol. The van der Waals surface area contributed by atoms with Crippen LogP contribution in [0.4, 0.5) is 5.69 Å². The molecule has 6 heteroatoms. The molecule has 0 saturated carbocycles. The van der Waals surface area contributed by atoms with Gasteiger partial charge in [0.05, 0.1) is 18.6 Å². The Labute approximate surface area is 132 Å². The number of ether oxygens (including phenoxy) is 1. The van der Waals surface area contributed by atoms with Gasteiger partial charge in [0, 0.05) is 30.2 Å². The lowest BCUT2D eigenvalue weighted by molar-refractivity contribution is -0.130. The summed E-state index contributed by atoms with van der Waals surface area (Å²) in [6, 6.07) is 7.39. The molecule has 1 saturated heterocycles. The van der Waals surface area contributed by atoms with E-state index in [2.05, 4.69) is 21.2 Å². The molecule has 1 aliphatic heterocycles. The predicted molar refractivity (Wildman–Crippen MR) is 83.9 cm³/mol. The van der Waals surface area contributed by atoms with E-state index in [1.165, 1.54) is 0 Å². The van der Waals surface area contributed by atoms with Gasteiger partial charge in [-0.2, -0.15) is 0 Å². The van der Waals surface area contributed by atoms with Gasteiger partial charge in [-0.1, -0.05) is 22.0 Å². The molecule has 0 radical (unpaired) electrons. The van der Waals surface area contributed by atoms with Gasteiger partial charge in [0.25, 0.3) is 0 Å². The zero-order valence-electron chi connectivity index (χ0n) is 12.1. The average Bonchev–Trinajstić information content (AvgIpc) is 2.81. The molecule has 0 bridgehead atoms. The average molecular weight is 355 g/mol. The topological polar surface area (TPSA) is 58.6 Å². The quantitative estimate of drug-likeness (QED) is 0.882. The van der Waals surface area contributed by atoms with Crippen LogP contribution in [-0.4, -0.2) is 43.0 Å². The number of carbonyl (C=O) groups excluding carboxylic acids is 2. The third-order valence-electron chi connectivity index (χ3n) is 3.56. The summed E-state index contributed by atoms with van der Waals surface area (Å²) in [5.41, 5.74) is 0.727. The number of methoxy groups -OCH3 is 1. The summed E-state index contributed by atoms with van der Waals surface area (Å²) < 4.78 is 5.97. The Morgan fingerprint density at radius 3 is 3.00 bits per heavy atom. The van der Waals surface area contributed by atoms with E-state index in [9.17, 15) is 9.59 Å². The fourth-order valence-electron chi connectivity index (χ4n) is 2.47. The summed E-state index contributed by atoms with van der Waals surface area (Å²) in [5.74, 6) is -0.418. The van der Waals surface area contributed by atoms with E-state index in [0.29, 0.717) is 13.2 Å². The molecule has 21 heavy (non-hydrogen) atoms. The van der Waals surface area contributed by atoms with Crippen molar-refractivity contribution in [3.05, 3.63) is 28.7 Å². The van der Waals surface area contributed by atoms with Gasteiger partial charge in [0.2, 0.25) is 11.8 Å². The Hall–Kier alpha value is -1.40. The number of carbonyl (C=O) groups is 2. The van der Waals surface area contributed by atoms with Crippen LogP contribution in [0.3, 0.4) is 0 Å². The summed E-state index contributed by atoms with van der Waals surface area (Å²) in [6.45, 7) is 2.85. The highest BCUT2D eigenvalue weighted by Gasteiger charge is 2.36. The maximum absolute atomic E-state index is 12.3. The van der Waals surface area contributed by atoms with Crippen LogP contribution < -0.4 is 5.32 Å². The number of benzene rings is 1. The van der Waals surface area contributed by atoms with Gasteiger partial charge in [0.1, 0.15) is 0 Å². The van der Waals surface area contributed by atoms with E-state index in [1.54, 1.807) is 12.0 Å². The lowest BCUT2D eigenvalue weighted by Gasteiger charge is -2.23. The molecule has 2 rings (SSSR count). The standard InChI is InChI=1S/C15H19BrN2O3/c1-10(9-21-2)18-8-11(6-14(18)19)15(20)17-13-5-3-4-12(16)7-13/h3-5,7,10-11H,6,8-9H2,1-2H3,(H,17,20)/t10-,11+/m0/s1. The van der Waals surface area contributed by atoms with E-state index in [1.807, 2.05) is 31.2 Å². The minimum atomic E-state index is -0.309. The highest BCUT2D eigenvalue weighted by Crippen LogP contribution is 2.23. The highest BCUT2D eigenvalue weighted by atomic mass is 79.9. The molecule has 1 heterocycles. The Bertz CT molecular complexity index is 535. The number of halogens is 1. The van der Waals surface area contributed by atoms with E-state index in [-0.39, 0.29) is 30.2 Å². The van der Waals surface area contributed by atoms with Gasteiger partial charge < -0.3 is 15.0 Å². The Kier molecular flexibility index (Phi) is 5.36. The van der Waals surface area contributed by atoms with Crippen molar-refractivity contribution < 1.29 is 14.3 Å². The van der Waals surface area contributed by atoms with Gasteiger partial charge in [-0.15, -0.1) is 0 Å². The van der Waals surface area contributed by atoms with Crippen LogP contribution in [0.25, 0.3) is 0 Å². The lowest BCUT2D eigenvalue weighted by Crippen LogP contribution is -2.38. The van der Waals surface area contributed by atoms with Crippen molar-refractivity contribution in [3.63, 3.8) is 0 Å². The zero-order chi connectivity index (χ0) is 15.4. The van der Waals surface area contributed by atoms with Gasteiger partial charge >= 0.3 is 0 Å². The van der Waals surface area contributed by atoms with Gasteiger partial charge in [0.15, 0.2) is 0 Å². The van der Waals surface area contributed by atoms with Gasteiger partial charge in [-0.3, -0.25) is 9.59 Å². The molecule has 114 valence electrons. The van der Waals surface area contributed by atoms with Crippen molar-refractivity contribution in [2.75, 3.05) is 25.6 Å². The number of rotatable bonds is 5. The number of nitrogens with zero attached hydrogens (tertiary/aromatic N) is 1. The molecule has 0 aromatic heterocycles. The first-order chi connectivity index (χ1) is 10.0. The summed E-state index contributed by atoms with van der Waals surface area (Å²) in [5, 5.41) is 2.86. The third-order valence-corrected chi connectivity index (χ3v) is 4.05. The maximum atomic E-state index is 12.3. The van der Waals surface area contributed by atoms with Crippen LogP contribution in [0.2, 0.25) is 0 Å². The molecule has 2 amide bonds. The first-order valence-electron chi connectivity index (χ1n) is 6.86.